The first-order valence-electron chi connectivity index (χ1n) is 5.32. The summed E-state index contributed by atoms with van der Waals surface area (Å²) in [5.74, 6) is 0. The Kier molecular flexibility index (Phi) is 2.97. The van der Waals surface area contributed by atoms with E-state index in [1.54, 1.807) is 12.1 Å². The van der Waals surface area contributed by atoms with Crippen LogP contribution in [0.1, 0.15) is 11.1 Å². The minimum Gasteiger partial charge on any atom is -0.399 e. The number of rotatable bonds is 2. The molecule has 0 aromatic heterocycles. The lowest BCUT2D eigenvalue weighted by Gasteiger charge is -2.10. The molecule has 0 saturated carbocycles. The maximum atomic E-state index is 8.71. The van der Waals surface area contributed by atoms with Crippen LogP contribution in [0.2, 0.25) is 0 Å². The fraction of sp³-hybridized carbons (Fsp3) is 0.0714. The SMILES string of the molecule is Cc1cc(N)ccc1Nc1ccc(C#N)cc1. The van der Waals surface area contributed by atoms with E-state index >= 15 is 0 Å². The average molecular weight is 223 g/mol. The Balaban J connectivity index is 2.23. The van der Waals surface area contributed by atoms with Crippen molar-refractivity contribution in [1.29, 1.82) is 5.26 Å². The van der Waals surface area contributed by atoms with E-state index in [0.29, 0.717) is 5.56 Å². The number of nitrogens with zero attached hydrogens (tertiary/aromatic N) is 1. The van der Waals surface area contributed by atoms with Crippen molar-refractivity contribution < 1.29 is 0 Å². The summed E-state index contributed by atoms with van der Waals surface area (Å²) >= 11 is 0. The van der Waals surface area contributed by atoms with Crippen molar-refractivity contribution >= 4 is 17.1 Å². The molecule has 0 aliphatic heterocycles. The van der Waals surface area contributed by atoms with Gasteiger partial charge in [0.15, 0.2) is 0 Å². The zero-order chi connectivity index (χ0) is 12.3. The van der Waals surface area contributed by atoms with Gasteiger partial charge in [0.25, 0.3) is 0 Å². The van der Waals surface area contributed by atoms with Crippen LogP contribution in [0.15, 0.2) is 42.5 Å². The van der Waals surface area contributed by atoms with Gasteiger partial charge in [-0.3, -0.25) is 0 Å². The molecule has 0 saturated heterocycles. The summed E-state index contributed by atoms with van der Waals surface area (Å²) in [6, 6.07) is 15.2. The summed E-state index contributed by atoms with van der Waals surface area (Å²) < 4.78 is 0. The normalized spacial score (nSPS) is 9.65. The zero-order valence-corrected chi connectivity index (χ0v) is 9.57. The molecular weight excluding hydrogens is 210 g/mol. The van der Waals surface area contributed by atoms with E-state index in [9.17, 15) is 0 Å². The van der Waals surface area contributed by atoms with E-state index in [0.717, 1.165) is 22.6 Å². The first kappa shape index (κ1) is 11.0. The van der Waals surface area contributed by atoms with Crippen molar-refractivity contribution in [1.82, 2.24) is 0 Å². The number of nitrogen functional groups attached to an aromatic ring is 1. The van der Waals surface area contributed by atoms with Crippen molar-refractivity contribution in [2.75, 3.05) is 11.1 Å². The van der Waals surface area contributed by atoms with Crippen LogP contribution in [0.25, 0.3) is 0 Å². The first-order valence-corrected chi connectivity index (χ1v) is 5.32. The highest BCUT2D eigenvalue weighted by Gasteiger charge is 1.99. The van der Waals surface area contributed by atoms with Crippen molar-refractivity contribution in [2.24, 2.45) is 0 Å². The number of benzene rings is 2. The molecular formula is C14H13N3. The molecule has 2 rings (SSSR count). The van der Waals surface area contributed by atoms with Gasteiger partial charge in [0.05, 0.1) is 11.6 Å². The Morgan fingerprint density at radius 3 is 2.41 bits per heavy atom. The molecule has 0 fully saturated rings. The molecule has 0 heterocycles. The van der Waals surface area contributed by atoms with Gasteiger partial charge >= 0.3 is 0 Å². The molecule has 0 unspecified atom stereocenters. The number of hydrogen-bond acceptors (Lipinski definition) is 3. The molecule has 0 atom stereocenters. The lowest BCUT2D eigenvalue weighted by molar-refractivity contribution is 1.42. The Hall–Kier alpha value is -2.47. The largest absolute Gasteiger partial charge is 0.399 e. The second-order valence-electron chi connectivity index (χ2n) is 3.89. The fourth-order valence-corrected chi connectivity index (χ4v) is 1.61. The van der Waals surface area contributed by atoms with Gasteiger partial charge in [0.2, 0.25) is 0 Å². The molecule has 84 valence electrons. The molecule has 17 heavy (non-hydrogen) atoms. The molecule has 0 bridgehead atoms. The highest BCUT2D eigenvalue weighted by Crippen LogP contribution is 2.22. The third kappa shape index (κ3) is 2.56. The van der Waals surface area contributed by atoms with E-state index in [-0.39, 0.29) is 0 Å². The molecule has 3 nitrogen and oxygen atoms in total. The van der Waals surface area contributed by atoms with Gasteiger partial charge in [-0.2, -0.15) is 5.26 Å². The number of aryl methyl sites for hydroxylation is 1. The lowest BCUT2D eigenvalue weighted by atomic mass is 10.1. The van der Waals surface area contributed by atoms with Crippen molar-refractivity contribution in [3.05, 3.63) is 53.6 Å². The van der Waals surface area contributed by atoms with E-state index in [4.69, 9.17) is 11.0 Å². The third-order valence-electron chi connectivity index (χ3n) is 2.54. The Bertz CT molecular complexity index is 565. The maximum Gasteiger partial charge on any atom is 0.0991 e. The summed E-state index contributed by atoms with van der Waals surface area (Å²) in [5.41, 5.74) is 10.2. The van der Waals surface area contributed by atoms with Crippen molar-refractivity contribution in [3.8, 4) is 6.07 Å². The van der Waals surface area contributed by atoms with Gasteiger partial charge in [-0.1, -0.05) is 0 Å². The second kappa shape index (κ2) is 4.58. The number of nitriles is 1. The molecule has 3 heteroatoms. The highest BCUT2D eigenvalue weighted by molar-refractivity contribution is 5.66. The second-order valence-corrected chi connectivity index (χ2v) is 3.89. The predicted molar refractivity (Wildman–Crippen MR) is 70.0 cm³/mol. The van der Waals surface area contributed by atoms with Gasteiger partial charge < -0.3 is 11.1 Å². The molecule has 0 aliphatic carbocycles. The van der Waals surface area contributed by atoms with Crippen LogP contribution in [0, 0.1) is 18.3 Å². The van der Waals surface area contributed by atoms with Gasteiger partial charge in [-0.25, -0.2) is 0 Å². The molecule has 0 spiro atoms. The summed E-state index contributed by atoms with van der Waals surface area (Å²) in [5, 5.41) is 12.0. The van der Waals surface area contributed by atoms with Crippen molar-refractivity contribution in [2.45, 2.75) is 6.92 Å². The van der Waals surface area contributed by atoms with Gasteiger partial charge in [-0.15, -0.1) is 0 Å². The number of nitrogens with one attached hydrogen (secondary N) is 1. The lowest BCUT2D eigenvalue weighted by Crippen LogP contribution is -1.94. The molecule has 2 aromatic rings. The fourth-order valence-electron chi connectivity index (χ4n) is 1.61. The molecule has 2 aromatic carbocycles. The standard InChI is InChI=1S/C14H13N3/c1-10-8-12(16)4-7-14(10)17-13-5-2-11(9-15)3-6-13/h2-8,17H,16H2,1H3. The first-order chi connectivity index (χ1) is 8.19. The third-order valence-corrected chi connectivity index (χ3v) is 2.54. The Labute approximate surface area is 101 Å². The van der Waals surface area contributed by atoms with Crippen LogP contribution in [-0.2, 0) is 0 Å². The molecule has 0 aliphatic rings. The number of nitrogens with two attached hydrogens (primary N) is 1. The summed E-state index contributed by atoms with van der Waals surface area (Å²) in [6.07, 6.45) is 0. The maximum absolute atomic E-state index is 8.71. The summed E-state index contributed by atoms with van der Waals surface area (Å²) in [4.78, 5) is 0. The Morgan fingerprint density at radius 1 is 1.12 bits per heavy atom. The van der Waals surface area contributed by atoms with Gasteiger partial charge in [0.1, 0.15) is 0 Å². The van der Waals surface area contributed by atoms with Crippen LogP contribution in [0.4, 0.5) is 17.1 Å². The summed E-state index contributed by atoms with van der Waals surface area (Å²) in [6.45, 7) is 2.00. The van der Waals surface area contributed by atoms with Gasteiger partial charge in [-0.05, 0) is 55.0 Å². The smallest absolute Gasteiger partial charge is 0.0991 e. The van der Waals surface area contributed by atoms with Crippen LogP contribution < -0.4 is 11.1 Å². The van der Waals surface area contributed by atoms with E-state index in [1.165, 1.54) is 0 Å². The predicted octanol–water partition coefficient (Wildman–Crippen LogP) is 3.19. The topological polar surface area (TPSA) is 61.8 Å². The minimum atomic E-state index is 0.657. The molecule has 0 amide bonds. The van der Waals surface area contributed by atoms with Crippen LogP contribution >= 0.6 is 0 Å². The van der Waals surface area contributed by atoms with Crippen LogP contribution in [0.3, 0.4) is 0 Å². The van der Waals surface area contributed by atoms with E-state index in [2.05, 4.69) is 11.4 Å². The summed E-state index contributed by atoms with van der Waals surface area (Å²) in [7, 11) is 0. The minimum absolute atomic E-state index is 0.657. The highest BCUT2D eigenvalue weighted by atomic mass is 14.9. The average Bonchev–Trinajstić information content (AvgIpc) is 2.34. The Morgan fingerprint density at radius 2 is 1.82 bits per heavy atom. The van der Waals surface area contributed by atoms with Crippen LogP contribution in [-0.4, -0.2) is 0 Å². The number of hydrogen-bond donors (Lipinski definition) is 2. The van der Waals surface area contributed by atoms with E-state index in [1.807, 2.05) is 37.3 Å². The molecule has 0 radical (unpaired) electrons. The quantitative estimate of drug-likeness (QED) is 0.768. The monoisotopic (exact) mass is 223 g/mol. The zero-order valence-electron chi connectivity index (χ0n) is 9.57. The van der Waals surface area contributed by atoms with Gasteiger partial charge in [0, 0.05) is 17.1 Å². The van der Waals surface area contributed by atoms with Crippen molar-refractivity contribution in [3.63, 3.8) is 0 Å². The molecule has 3 N–H and O–H groups in total. The van der Waals surface area contributed by atoms with E-state index < -0.39 is 0 Å². The number of anilines is 3. The van der Waals surface area contributed by atoms with Crippen LogP contribution in [0.5, 0.6) is 0 Å².